The Balaban J connectivity index is 1.60. The predicted molar refractivity (Wildman–Crippen MR) is 103 cm³/mol. The summed E-state index contributed by atoms with van der Waals surface area (Å²) >= 11 is 0. The molecule has 2 N–H and O–H groups in total. The minimum atomic E-state index is -0.756. The number of rotatable bonds is 11. The fourth-order valence-electron chi connectivity index (χ4n) is 2.82. The Morgan fingerprint density at radius 1 is 0.731 bits per heavy atom. The number of carbonyl (C=O) groups is 2. The molecule has 0 atom stereocenters. The molecule has 0 aliphatic carbocycles. The van der Waals surface area contributed by atoms with Crippen LogP contribution in [0, 0.1) is 0 Å². The van der Waals surface area contributed by atoms with E-state index in [1.54, 1.807) is 0 Å². The number of amides is 1. The lowest BCUT2D eigenvalue weighted by molar-refractivity contribution is -0.137. The van der Waals surface area contributed by atoms with Gasteiger partial charge < -0.3 is 10.4 Å². The van der Waals surface area contributed by atoms with E-state index in [1.165, 1.54) is 5.56 Å². The summed E-state index contributed by atoms with van der Waals surface area (Å²) in [4.78, 5) is 22.5. The first kappa shape index (κ1) is 19.7. The molecule has 4 nitrogen and oxygen atoms in total. The van der Waals surface area contributed by atoms with Gasteiger partial charge in [-0.1, -0.05) is 54.6 Å². The topological polar surface area (TPSA) is 66.4 Å². The predicted octanol–water partition coefficient (Wildman–Crippen LogP) is 4.12. The molecule has 0 saturated heterocycles. The smallest absolute Gasteiger partial charge is 0.303 e. The van der Waals surface area contributed by atoms with Crippen LogP contribution in [0.15, 0.2) is 54.6 Å². The summed E-state index contributed by atoms with van der Waals surface area (Å²) in [5.74, 6) is -0.670. The molecule has 0 aliphatic heterocycles. The van der Waals surface area contributed by atoms with E-state index in [-0.39, 0.29) is 12.3 Å². The average molecular weight is 353 g/mol. The van der Waals surface area contributed by atoms with Crippen LogP contribution in [-0.4, -0.2) is 17.0 Å². The van der Waals surface area contributed by atoms with Gasteiger partial charge in [0.2, 0.25) is 5.91 Å². The lowest BCUT2D eigenvalue weighted by Crippen LogP contribution is -2.22. The molecular formula is C22H27NO3. The van der Waals surface area contributed by atoms with Crippen molar-refractivity contribution in [3.63, 3.8) is 0 Å². The minimum absolute atomic E-state index is 0.0867. The van der Waals surface area contributed by atoms with Gasteiger partial charge in [0.1, 0.15) is 0 Å². The van der Waals surface area contributed by atoms with Gasteiger partial charge in [-0.25, -0.2) is 0 Å². The maximum absolute atomic E-state index is 11.9. The molecular weight excluding hydrogens is 326 g/mol. The number of benzene rings is 2. The molecule has 1 amide bonds. The van der Waals surface area contributed by atoms with E-state index in [2.05, 4.69) is 17.4 Å². The van der Waals surface area contributed by atoms with Crippen LogP contribution in [0.3, 0.4) is 0 Å². The Bertz CT molecular complexity index is 680. The third-order valence-corrected chi connectivity index (χ3v) is 4.33. The Labute approximate surface area is 155 Å². The Kier molecular flexibility index (Phi) is 8.40. The van der Waals surface area contributed by atoms with Gasteiger partial charge in [-0.05, 0) is 48.8 Å². The summed E-state index contributed by atoms with van der Waals surface area (Å²) in [7, 11) is 0. The SMILES string of the molecule is O=C(O)CCCc1ccc(CNC(=O)CCCCc2ccccc2)cc1. The van der Waals surface area contributed by atoms with Gasteiger partial charge in [-0.15, -0.1) is 0 Å². The monoisotopic (exact) mass is 353 g/mol. The number of aliphatic carboxylic acids is 1. The molecule has 0 aromatic heterocycles. The molecule has 138 valence electrons. The lowest BCUT2D eigenvalue weighted by Gasteiger charge is -2.07. The third-order valence-electron chi connectivity index (χ3n) is 4.33. The number of carboxylic acids is 1. The highest BCUT2D eigenvalue weighted by Crippen LogP contribution is 2.09. The Morgan fingerprint density at radius 2 is 1.35 bits per heavy atom. The minimum Gasteiger partial charge on any atom is -0.481 e. The molecule has 0 heterocycles. The number of hydrogen-bond acceptors (Lipinski definition) is 2. The van der Waals surface area contributed by atoms with Crippen molar-refractivity contribution < 1.29 is 14.7 Å². The first-order valence-corrected chi connectivity index (χ1v) is 9.24. The quantitative estimate of drug-likeness (QED) is 0.597. The number of aryl methyl sites for hydroxylation is 2. The highest BCUT2D eigenvalue weighted by molar-refractivity contribution is 5.75. The molecule has 2 rings (SSSR count). The summed E-state index contributed by atoms with van der Waals surface area (Å²) in [5.41, 5.74) is 3.50. The van der Waals surface area contributed by atoms with E-state index in [0.29, 0.717) is 19.4 Å². The number of nitrogens with one attached hydrogen (secondary N) is 1. The van der Waals surface area contributed by atoms with Crippen molar-refractivity contribution >= 4 is 11.9 Å². The Hall–Kier alpha value is -2.62. The van der Waals surface area contributed by atoms with Crippen LogP contribution in [0.25, 0.3) is 0 Å². The van der Waals surface area contributed by atoms with Gasteiger partial charge in [-0.3, -0.25) is 9.59 Å². The van der Waals surface area contributed by atoms with Crippen LogP contribution >= 0.6 is 0 Å². The van der Waals surface area contributed by atoms with Crippen molar-refractivity contribution in [2.24, 2.45) is 0 Å². The van der Waals surface area contributed by atoms with Gasteiger partial charge in [0.05, 0.1) is 0 Å². The molecule has 2 aromatic carbocycles. The van der Waals surface area contributed by atoms with Crippen molar-refractivity contribution in [2.45, 2.75) is 51.5 Å². The molecule has 0 unspecified atom stereocenters. The number of carboxylic acid groups (broad SMARTS) is 1. The van der Waals surface area contributed by atoms with E-state index >= 15 is 0 Å². The normalized spacial score (nSPS) is 10.5. The number of unbranched alkanes of at least 4 members (excludes halogenated alkanes) is 1. The van der Waals surface area contributed by atoms with E-state index < -0.39 is 5.97 Å². The van der Waals surface area contributed by atoms with Crippen LogP contribution in [0.5, 0.6) is 0 Å². The maximum atomic E-state index is 11.9. The molecule has 0 aliphatic rings. The summed E-state index contributed by atoms with van der Waals surface area (Å²) in [6, 6.07) is 18.3. The number of hydrogen-bond donors (Lipinski definition) is 2. The molecule has 0 saturated carbocycles. The molecule has 0 fully saturated rings. The summed E-state index contributed by atoms with van der Waals surface area (Å²) in [6.07, 6.45) is 5.08. The fourth-order valence-corrected chi connectivity index (χ4v) is 2.82. The zero-order valence-corrected chi connectivity index (χ0v) is 15.1. The molecule has 26 heavy (non-hydrogen) atoms. The summed E-state index contributed by atoms with van der Waals surface area (Å²) in [5, 5.41) is 11.6. The van der Waals surface area contributed by atoms with E-state index in [0.717, 1.165) is 36.8 Å². The second kappa shape index (κ2) is 11.1. The first-order chi connectivity index (χ1) is 12.6. The Morgan fingerprint density at radius 3 is 2.04 bits per heavy atom. The summed E-state index contributed by atoms with van der Waals surface area (Å²) in [6.45, 7) is 0.535. The molecule has 0 spiro atoms. The standard InChI is InChI=1S/C22H27NO3/c24-21(11-5-4-9-18-7-2-1-3-8-18)23-17-20-15-13-19(14-16-20)10-6-12-22(25)26/h1-3,7-8,13-16H,4-6,9-12,17H2,(H,23,24)(H,25,26). The van der Waals surface area contributed by atoms with E-state index in [9.17, 15) is 9.59 Å². The van der Waals surface area contributed by atoms with Gasteiger partial charge in [0.25, 0.3) is 0 Å². The van der Waals surface area contributed by atoms with Crippen molar-refractivity contribution in [2.75, 3.05) is 0 Å². The van der Waals surface area contributed by atoms with Gasteiger partial charge in [0, 0.05) is 19.4 Å². The molecule has 0 bridgehead atoms. The lowest BCUT2D eigenvalue weighted by atomic mass is 10.1. The zero-order valence-electron chi connectivity index (χ0n) is 15.1. The molecule has 0 radical (unpaired) electrons. The van der Waals surface area contributed by atoms with Crippen LogP contribution in [0.4, 0.5) is 0 Å². The van der Waals surface area contributed by atoms with Crippen LogP contribution in [0.2, 0.25) is 0 Å². The zero-order chi connectivity index (χ0) is 18.6. The highest BCUT2D eigenvalue weighted by Gasteiger charge is 2.03. The number of carbonyl (C=O) groups excluding carboxylic acids is 1. The third kappa shape index (κ3) is 7.97. The second-order valence-electron chi connectivity index (χ2n) is 6.53. The first-order valence-electron chi connectivity index (χ1n) is 9.24. The van der Waals surface area contributed by atoms with Crippen LogP contribution in [-0.2, 0) is 29.0 Å². The maximum Gasteiger partial charge on any atom is 0.303 e. The van der Waals surface area contributed by atoms with Crippen LogP contribution < -0.4 is 5.32 Å². The van der Waals surface area contributed by atoms with Gasteiger partial charge in [-0.2, -0.15) is 0 Å². The molecule has 4 heteroatoms. The van der Waals surface area contributed by atoms with Gasteiger partial charge >= 0.3 is 5.97 Å². The van der Waals surface area contributed by atoms with E-state index in [4.69, 9.17) is 5.11 Å². The molecule has 2 aromatic rings. The van der Waals surface area contributed by atoms with Crippen LogP contribution in [0.1, 0.15) is 48.8 Å². The average Bonchev–Trinajstić information content (AvgIpc) is 2.65. The van der Waals surface area contributed by atoms with E-state index in [1.807, 2.05) is 42.5 Å². The van der Waals surface area contributed by atoms with Crippen molar-refractivity contribution in [3.8, 4) is 0 Å². The van der Waals surface area contributed by atoms with Crippen molar-refractivity contribution in [1.29, 1.82) is 0 Å². The fraction of sp³-hybridized carbons (Fsp3) is 0.364. The summed E-state index contributed by atoms with van der Waals surface area (Å²) < 4.78 is 0. The van der Waals surface area contributed by atoms with Crippen molar-refractivity contribution in [3.05, 3.63) is 71.3 Å². The van der Waals surface area contributed by atoms with Gasteiger partial charge in [0.15, 0.2) is 0 Å². The highest BCUT2D eigenvalue weighted by atomic mass is 16.4. The second-order valence-corrected chi connectivity index (χ2v) is 6.53. The largest absolute Gasteiger partial charge is 0.481 e. The van der Waals surface area contributed by atoms with Crippen molar-refractivity contribution in [1.82, 2.24) is 5.32 Å².